The lowest BCUT2D eigenvalue weighted by atomic mass is 9.78. The second-order valence-corrected chi connectivity index (χ2v) is 8.36. The molecule has 1 aliphatic carbocycles. The number of benzene rings is 1. The van der Waals surface area contributed by atoms with Gasteiger partial charge < -0.3 is 5.11 Å². The standard InChI is InChI=1S/C26H31NO2/c1-19(2)9-14-24(22-7-5-4-6-8-22)27-16-15-21(18-26(28)29)17-25(27)23-12-10-20(3)11-13-23/h4-8,10-12,21,23-25H,1,13,15-18H2,2-3H3,(H,28,29)/t21-,23?,24?,25+/m0/s1. The highest BCUT2D eigenvalue weighted by Gasteiger charge is 2.37. The maximum Gasteiger partial charge on any atom is 0.303 e. The number of hydrogen-bond donors (Lipinski definition) is 1. The molecule has 3 rings (SSSR count). The highest BCUT2D eigenvalue weighted by atomic mass is 16.4. The molecule has 1 aliphatic heterocycles. The third kappa shape index (κ3) is 5.71. The number of carboxylic acids is 1. The van der Waals surface area contributed by atoms with E-state index in [9.17, 15) is 9.90 Å². The van der Waals surface area contributed by atoms with Crippen LogP contribution in [0, 0.1) is 23.7 Å². The first kappa shape index (κ1) is 21.1. The van der Waals surface area contributed by atoms with Crippen molar-refractivity contribution in [1.82, 2.24) is 4.90 Å². The van der Waals surface area contributed by atoms with E-state index in [4.69, 9.17) is 0 Å². The van der Waals surface area contributed by atoms with Crippen LogP contribution in [0.15, 0.2) is 66.3 Å². The van der Waals surface area contributed by atoms with Gasteiger partial charge in [0.1, 0.15) is 0 Å². The van der Waals surface area contributed by atoms with Crippen LogP contribution >= 0.6 is 0 Å². The van der Waals surface area contributed by atoms with E-state index < -0.39 is 5.97 Å². The maximum absolute atomic E-state index is 11.3. The number of nitrogens with zero attached hydrogens (tertiary/aromatic N) is 1. The van der Waals surface area contributed by atoms with Crippen LogP contribution in [0.3, 0.4) is 0 Å². The van der Waals surface area contributed by atoms with E-state index in [-0.39, 0.29) is 24.4 Å². The van der Waals surface area contributed by atoms with Crippen LogP contribution in [-0.2, 0) is 4.79 Å². The molecule has 0 amide bonds. The Hall–Kier alpha value is -2.57. The van der Waals surface area contributed by atoms with Gasteiger partial charge in [-0.25, -0.2) is 0 Å². The normalized spacial score (nSPS) is 25.4. The smallest absolute Gasteiger partial charge is 0.303 e. The van der Waals surface area contributed by atoms with Gasteiger partial charge in [0.15, 0.2) is 0 Å². The Labute approximate surface area is 174 Å². The zero-order valence-corrected chi connectivity index (χ0v) is 17.5. The minimum atomic E-state index is -0.696. The lowest BCUT2D eigenvalue weighted by molar-refractivity contribution is -0.138. The summed E-state index contributed by atoms with van der Waals surface area (Å²) in [5.74, 6) is 6.57. The average molecular weight is 390 g/mol. The summed E-state index contributed by atoms with van der Waals surface area (Å²) < 4.78 is 0. The van der Waals surface area contributed by atoms with E-state index in [2.05, 4.69) is 72.7 Å². The van der Waals surface area contributed by atoms with Crippen LogP contribution in [0.5, 0.6) is 0 Å². The monoisotopic (exact) mass is 389 g/mol. The van der Waals surface area contributed by atoms with Crippen molar-refractivity contribution in [2.24, 2.45) is 11.8 Å². The minimum absolute atomic E-state index is 0.0101. The number of carbonyl (C=O) groups is 1. The SMILES string of the molecule is C=C(C)C#CC(c1ccccc1)N1CC[C@H](CC(=O)O)C[C@@H]1C1C=CC(C)=CC1. The molecule has 1 aromatic carbocycles. The summed E-state index contributed by atoms with van der Waals surface area (Å²) in [5.41, 5.74) is 3.35. The average Bonchev–Trinajstić information content (AvgIpc) is 2.70. The number of aliphatic carboxylic acids is 1. The topological polar surface area (TPSA) is 40.5 Å². The maximum atomic E-state index is 11.3. The van der Waals surface area contributed by atoms with Gasteiger partial charge in [0.2, 0.25) is 0 Å². The van der Waals surface area contributed by atoms with Crippen LogP contribution < -0.4 is 0 Å². The summed E-state index contributed by atoms with van der Waals surface area (Å²) in [4.78, 5) is 13.8. The van der Waals surface area contributed by atoms with Crippen LogP contribution in [-0.4, -0.2) is 28.6 Å². The van der Waals surface area contributed by atoms with Gasteiger partial charge in [-0.3, -0.25) is 9.69 Å². The van der Waals surface area contributed by atoms with Crippen LogP contribution in [0.4, 0.5) is 0 Å². The van der Waals surface area contributed by atoms with Gasteiger partial charge in [-0.05, 0) is 56.1 Å². The molecule has 0 saturated carbocycles. The van der Waals surface area contributed by atoms with Gasteiger partial charge in [0.25, 0.3) is 0 Å². The molecule has 152 valence electrons. The molecule has 29 heavy (non-hydrogen) atoms. The zero-order valence-electron chi connectivity index (χ0n) is 17.5. The molecule has 0 spiro atoms. The molecule has 1 fully saturated rings. The third-order valence-electron chi connectivity index (χ3n) is 5.94. The van der Waals surface area contributed by atoms with Crippen molar-refractivity contribution < 1.29 is 9.90 Å². The van der Waals surface area contributed by atoms with E-state index in [0.29, 0.717) is 5.92 Å². The summed E-state index contributed by atoms with van der Waals surface area (Å²) in [6, 6.07) is 10.7. The van der Waals surface area contributed by atoms with E-state index in [1.165, 1.54) is 11.1 Å². The molecule has 4 atom stereocenters. The molecule has 1 heterocycles. The van der Waals surface area contributed by atoms with E-state index in [1.54, 1.807) is 0 Å². The van der Waals surface area contributed by atoms with Crippen molar-refractivity contribution in [3.8, 4) is 11.8 Å². The molecule has 3 heteroatoms. The minimum Gasteiger partial charge on any atom is -0.481 e. The Morgan fingerprint density at radius 2 is 2.10 bits per heavy atom. The van der Waals surface area contributed by atoms with Crippen molar-refractivity contribution in [2.45, 2.75) is 51.6 Å². The van der Waals surface area contributed by atoms with Crippen LogP contribution in [0.1, 0.15) is 51.1 Å². The van der Waals surface area contributed by atoms with E-state index in [1.807, 2.05) is 13.0 Å². The largest absolute Gasteiger partial charge is 0.481 e. The Morgan fingerprint density at radius 1 is 1.34 bits per heavy atom. The molecule has 1 saturated heterocycles. The lowest BCUT2D eigenvalue weighted by Gasteiger charge is -2.45. The summed E-state index contributed by atoms with van der Waals surface area (Å²) in [5, 5.41) is 9.33. The molecule has 0 bridgehead atoms. The Bertz CT molecular complexity index is 856. The van der Waals surface area contributed by atoms with Crippen molar-refractivity contribution in [1.29, 1.82) is 0 Å². The summed E-state index contributed by atoms with van der Waals surface area (Å²) in [6.45, 7) is 8.87. The number of hydrogen-bond acceptors (Lipinski definition) is 2. The Morgan fingerprint density at radius 3 is 2.72 bits per heavy atom. The number of rotatable bonds is 5. The number of likely N-dealkylation sites (tertiary alicyclic amines) is 1. The van der Waals surface area contributed by atoms with E-state index >= 15 is 0 Å². The first-order valence-corrected chi connectivity index (χ1v) is 10.5. The first-order chi connectivity index (χ1) is 13.9. The summed E-state index contributed by atoms with van der Waals surface area (Å²) in [7, 11) is 0. The number of carboxylic acid groups (broad SMARTS) is 1. The second-order valence-electron chi connectivity index (χ2n) is 8.36. The first-order valence-electron chi connectivity index (χ1n) is 10.5. The molecule has 1 aromatic rings. The predicted octanol–water partition coefficient (Wildman–Crippen LogP) is 5.38. The van der Waals surface area contributed by atoms with Crippen molar-refractivity contribution in [2.75, 3.05) is 6.54 Å². The lowest BCUT2D eigenvalue weighted by Crippen LogP contribution is -2.48. The van der Waals surface area contributed by atoms with Gasteiger partial charge in [-0.1, -0.05) is 72.6 Å². The Kier molecular flexibility index (Phi) is 7.12. The molecule has 2 unspecified atom stereocenters. The van der Waals surface area contributed by atoms with Crippen molar-refractivity contribution in [3.63, 3.8) is 0 Å². The molecular weight excluding hydrogens is 358 g/mol. The zero-order chi connectivity index (χ0) is 20.8. The van der Waals surface area contributed by atoms with Gasteiger partial charge >= 0.3 is 5.97 Å². The molecular formula is C26H31NO2. The van der Waals surface area contributed by atoms with Crippen LogP contribution in [0.25, 0.3) is 0 Å². The fourth-order valence-electron chi connectivity index (χ4n) is 4.48. The second kappa shape index (κ2) is 9.76. The molecule has 2 aliphatic rings. The van der Waals surface area contributed by atoms with Crippen molar-refractivity contribution >= 4 is 5.97 Å². The van der Waals surface area contributed by atoms with Gasteiger partial charge in [-0.15, -0.1) is 0 Å². The molecule has 3 nitrogen and oxygen atoms in total. The number of allylic oxidation sites excluding steroid dienone is 4. The van der Waals surface area contributed by atoms with Gasteiger partial charge in [-0.2, -0.15) is 0 Å². The molecule has 1 N–H and O–H groups in total. The highest BCUT2D eigenvalue weighted by molar-refractivity contribution is 5.67. The number of piperidine rings is 1. The van der Waals surface area contributed by atoms with Crippen molar-refractivity contribution in [3.05, 3.63) is 71.8 Å². The molecule has 0 radical (unpaired) electrons. The third-order valence-corrected chi connectivity index (χ3v) is 5.94. The van der Waals surface area contributed by atoms with Crippen LogP contribution in [0.2, 0.25) is 0 Å². The Balaban J connectivity index is 1.93. The predicted molar refractivity (Wildman–Crippen MR) is 118 cm³/mol. The highest BCUT2D eigenvalue weighted by Crippen LogP contribution is 2.38. The summed E-state index contributed by atoms with van der Waals surface area (Å²) >= 11 is 0. The molecule has 0 aromatic heterocycles. The van der Waals surface area contributed by atoms with Gasteiger partial charge in [0.05, 0.1) is 6.04 Å². The summed E-state index contributed by atoms with van der Waals surface area (Å²) in [6.07, 6.45) is 9.84. The van der Waals surface area contributed by atoms with Gasteiger partial charge in [0, 0.05) is 19.0 Å². The fourth-order valence-corrected chi connectivity index (χ4v) is 4.48. The quantitative estimate of drug-likeness (QED) is 0.687. The fraction of sp³-hybridized carbons (Fsp3) is 0.423. The van der Waals surface area contributed by atoms with E-state index in [0.717, 1.165) is 31.4 Å².